The molecule has 0 amide bonds. The topological polar surface area (TPSA) is 21.3 Å². The summed E-state index contributed by atoms with van der Waals surface area (Å²) < 4.78 is 5.79. The van der Waals surface area contributed by atoms with Gasteiger partial charge in [-0.3, -0.25) is 0 Å². The number of benzene rings is 1. The summed E-state index contributed by atoms with van der Waals surface area (Å²) >= 11 is 0. The molecule has 2 rings (SSSR count). The van der Waals surface area contributed by atoms with Crippen LogP contribution in [0.2, 0.25) is 0 Å². The summed E-state index contributed by atoms with van der Waals surface area (Å²) in [6.45, 7) is 5.64. The summed E-state index contributed by atoms with van der Waals surface area (Å²) in [5.41, 5.74) is 1.47. The Morgan fingerprint density at radius 3 is 2.62 bits per heavy atom. The van der Waals surface area contributed by atoms with Gasteiger partial charge in [0.25, 0.3) is 0 Å². The Balaban J connectivity index is 2.05. The van der Waals surface area contributed by atoms with Crippen LogP contribution in [0.1, 0.15) is 57.4 Å². The highest BCUT2D eigenvalue weighted by molar-refractivity contribution is 5.22. The number of hydrogen-bond donors (Lipinski definition) is 1. The maximum atomic E-state index is 5.79. The molecular weight excluding hydrogens is 258 g/mol. The first kappa shape index (κ1) is 16.5. The van der Waals surface area contributed by atoms with E-state index in [1.807, 2.05) is 0 Å². The highest BCUT2D eigenvalue weighted by Gasteiger charge is 2.27. The van der Waals surface area contributed by atoms with Gasteiger partial charge in [-0.15, -0.1) is 0 Å². The van der Waals surface area contributed by atoms with Crippen LogP contribution < -0.4 is 5.32 Å². The monoisotopic (exact) mass is 289 g/mol. The van der Waals surface area contributed by atoms with Crippen LogP contribution in [0.3, 0.4) is 0 Å². The fraction of sp³-hybridized carbons (Fsp3) is 0.684. The number of nitrogens with one attached hydrogen (secondary N) is 1. The predicted molar refractivity (Wildman–Crippen MR) is 89.7 cm³/mol. The lowest BCUT2D eigenvalue weighted by Gasteiger charge is -2.32. The van der Waals surface area contributed by atoms with Gasteiger partial charge in [-0.25, -0.2) is 0 Å². The molecule has 2 nitrogen and oxygen atoms in total. The summed E-state index contributed by atoms with van der Waals surface area (Å²) in [6, 6.07) is 11.5. The van der Waals surface area contributed by atoms with Crippen LogP contribution in [-0.4, -0.2) is 25.8 Å². The molecule has 1 aromatic carbocycles. The van der Waals surface area contributed by atoms with Gasteiger partial charge in [0.05, 0.1) is 6.10 Å². The minimum absolute atomic E-state index is 0.495. The van der Waals surface area contributed by atoms with E-state index < -0.39 is 0 Å². The van der Waals surface area contributed by atoms with Gasteiger partial charge in [0.1, 0.15) is 0 Å². The Hall–Kier alpha value is -0.860. The molecule has 0 bridgehead atoms. The normalized spacial score (nSPS) is 22.9. The largest absolute Gasteiger partial charge is 0.378 e. The first-order valence-corrected chi connectivity index (χ1v) is 8.60. The summed E-state index contributed by atoms with van der Waals surface area (Å²) in [5.74, 6) is 1.27. The zero-order chi connectivity index (χ0) is 15.1. The number of hydrogen-bond acceptors (Lipinski definition) is 2. The van der Waals surface area contributed by atoms with Gasteiger partial charge in [-0.05, 0) is 44.2 Å². The number of rotatable bonds is 8. The molecule has 1 aromatic rings. The fourth-order valence-corrected chi connectivity index (χ4v) is 3.63. The van der Waals surface area contributed by atoms with Crippen LogP contribution in [0, 0.1) is 5.92 Å². The highest BCUT2D eigenvalue weighted by atomic mass is 16.5. The molecule has 4 atom stereocenters. The molecule has 2 heteroatoms. The second-order valence-corrected chi connectivity index (χ2v) is 6.43. The molecule has 4 unspecified atom stereocenters. The van der Waals surface area contributed by atoms with Crippen molar-refractivity contribution in [2.45, 2.75) is 64.0 Å². The van der Waals surface area contributed by atoms with E-state index in [4.69, 9.17) is 4.74 Å². The van der Waals surface area contributed by atoms with Crippen LogP contribution in [0.4, 0.5) is 0 Å². The average Bonchev–Trinajstić information content (AvgIpc) is 3.05. The Morgan fingerprint density at radius 2 is 2.05 bits per heavy atom. The lowest BCUT2D eigenvalue weighted by molar-refractivity contribution is 0.0979. The lowest BCUT2D eigenvalue weighted by atomic mass is 9.78. The van der Waals surface area contributed by atoms with E-state index in [1.54, 1.807) is 0 Å². The van der Waals surface area contributed by atoms with E-state index in [2.05, 4.69) is 56.5 Å². The minimum atomic E-state index is 0.495. The molecule has 118 valence electrons. The molecule has 1 aliphatic heterocycles. The third-order valence-electron chi connectivity index (χ3n) is 5.07. The van der Waals surface area contributed by atoms with Crippen LogP contribution >= 0.6 is 0 Å². The Morgan fingerprint density at radius 1 is 1.29 bits per heavy atom. The van der Waals surface area contributed by atoms with Crippen LogP contribution in [0.15, 0.2) is 30.3 Å². The Bertz CT molecular complexity index is 386. The van der Waals surface area contributed by atoms with Gasteiger partial charge in [-0.1, -0.05) is 50.6 Å². The van der Waals surface area contributed by atoms with Crippen molar-refractivity contribution in [3.63, 3.8) is 0 Å². The molecular formula is C19H31NO. The van der Waals surface area contributed by atoms with E-state index >= 15 is 0 Å². The van der Waals surface area contributed by atoms with E-state index in [0.717, 1.165) is 6.61 Å². The molecule has 1 fully saturated rings. The SMILES string of the molecule is CCC(C)C(c1ccccc1)C(CCC1CCCO1)NC. The van der Waals surface area contributed by atoms with E-state index in [1.165, 1.54) is 37.7 Å². The predicted octanol–water partition coefficient (Wildman–Crippen LogP) is 4.36. The molecule has 0 aliphatic carbocycles. The summed E-state index contributed by atoms with van der Waals surface area (Å²) in [6.07, 6.45) is 6.58. The third-order valence-corrected chi connectivity index (χ3v) is 5.07. The van der Waals surface area contributed by atoms with Crippen LogP contribution in [0.25, 0.3) is 0 Å². The molecule has 1 N–H and O–H groups in total. The van der Waals surface area contributed by atoms with Crippen molar-refractivity contribution in [2.24, 2.45) is 5.92 Å². The maximum absolute atomic E-state index is 5.79. The molecule has 0 saturated carbocycles. The highest BCUT2D eigenvalue weighted by Crippen LogP contribution is 2.33. The van der Waals surface area contributed by atoms with Gasteiger partial charge in [0.15, 0.2) is 0 Å². The van der Waals surface area contributed by atoms with Gasteiger partial charge >= 0.3 is 0 Å². The van der Waals surface area contributed by atoms with Gasteiger partial charge in [0.2, 0.25) is 0 Å². The van der Waals surface area contributed by atoms with Gasteiger partial charge in [-0.2, -0.15) is 0 Å². The molecule has 0 spiro atoms. The zero-order valence-electron chi connectivity index (χ0n) is 13.8. The Labute approximate surface area is 130 Å². The minimum Gasteiger partial charge on any atom is -0.378 e. The summed E-state index contributed by atoms with van der Waals surface area (Å²) in [4.78, 5) is 0. The van der Waals surface area contributed by atoms with Crippen molar-refractivity contribution in [2.75, 3.05) is 13.7 Å². The zero-order valence-corrected chi connectivity index (χ0v) is 13.8. The smallest absolute Gasteiger partial charge is 0.0576 e. The van der Waals surface area contributed by atoms with Crippen molar-refractivity contribution >= 4 is 0 Å². The lowest BCUT2D eigenvalue weighted by Crippen LogP contribution is -2.36. The maximum Gasteiger partial charge on any atom is 0.0576 e. The summed E-state index contributed by atoms with van der Waals surface area (Å²) in [5, 5.41) is 3.58. The Kier molecular flexibility index (Phi) is 6.72. The van der Waals surface area contributed by atoms with Crippen molar-refractivity contribution in [3.05, 3.63) is 35.9 Å². The first-order valence-electron chi connectivity index (χ1n) is 8.60. The van der Waals surface area contributed by atoms with Gasteiger partial charge < -0.3 is 10.1 Å². The summed E-state index contributed by atoms with van der Waals surface area (Å²) in [7, 11) is 2.11. The van der Waals surface area contributed by atoms with E-state index in [0.29, 0.717) is 24.0 Å². The van der Waals surface area contributed by atoms with Crippen molar-refractivity contribution in [1.29, 1.82) is 0 Å². The van der Waals surface area contributed by atoms with E-state index in [-0.39, 0.29) is 0 Å². The second-order valence-electron chi connectivity index (χ2n) is 6.43. The molecule has 0 aromatic heterocycles. The quantitative estimate of drug-likeness (QED) is 0.767. The third kappa shape index (κ3) is 4.55. The van der Waals surface area contributed by atoms with Crippen molar-refractivity contribution < 1.29 is 4.74 Å². The molecule has 1 heterocycles. The number of likely N-dealkylation sites (N-methyl/N-ethyl adjacent to an activating group) is 1. The second kappa shape index (κ2) is 8.55. The van der Waals surface area contributed by atoms with Crippen LogP contribution in [-0.2, 0) is 4.74 Å². The van der Waals surface area contributed by atoms with E-state index in [9.17, 15) is 0 Å². The van der Waals surface area contributed by atoms with Crippen LogP contribution in [0.5, 0.6) is 0 Å². The molecule has 1 aliphatic rings. The fourth-order valence-electron chi connectivity index (χ4n) is 3.63. The van der Waals surface area contributed by atoms with Gasteiger partial charge in [0, 0.05) is 18.6 Å². The van der Waals surface area contributed by atoms with Crippen molar-refractivity contribution in [3.8, 4) is 0 Å². The molecule has 21 heavy (non-hydrogen) atoms. The average molecular weight is 289 g/mol. The van der Waals surface area contributed by atoms with Crippen molar-refractivity contribution in [1.82, 2.24) is 5.32 Å². The standard InChI is InChI=1S/C19H31NO/c1-4-15(2)19(16-9-6-5-7-10-16)18(20-3)13-12-17-11-8-14-21-17/h5-7,9-10,15,17-20H,4,8,11-14H2,1-3H3. The molecule has 0 radical (unpaired) electrons. The number of ether oxygens (including phenoxy) is 1. The first-order chi connectivity index (χ1) is 10.3. The molecule has 1 saturated heterocycles.